The molecule has 0 aliphatic heterocycles. The molecule has 0 aliphatic rings. The van der Waals surface area contributed by atoms with E-state index in [9.17, 15) is 9.59 Å². The first-order valence-corrected chi connectivity index (χ1v) is 6.54. The first-order chi connectivity index (χ1) is 8.15. The Labute approximate surface area is 111 Å². The van der Waals surface area contributed by atoms with Crippen LogP contribution in [0.15, 0.2) is 0 Å². The summed E-state index contributed by atoms with van der Waals surface area (Å²) < 4.78 is 4.71. The second kappa shape index (κ2) is 6.76. The normalized spacial score (nSPS) is 14.8. The maximum absolute atomic E-state index is 12.4. The second-order valence-electron chi connectivity index (χ2n) is 5.89. The number of nitrogens with zero attached hydrogens (tertiary/aromatic N) is 1. The lowest BCUT2D eigenvalue weighted by Gasteiger charge is -2.35. The highest BCUT2D eigenvalue weighted by molar-refractivity contribution is 5.82. The molecule has 18 heavy (non-hydrogen) atoms. The largest absolute Gasteiger partial charge is 0.469 e. The second-order valence-corrected chi connectivity index (χ2v) is 5.89. The summed E-state index contributed by atoms with van der Waals surface area (Å²) in [4.78, 5) is 25.6. The van der Waals surface area contributed by atoms with Gasteiger partial charge in [0.2, 0.25) is 5.91 Å². The van der Waals surface area contributed by atoms with Crippen LogP contribution in [0.25, 0.3) is 0 Å². The third-order valence-electron chi connectivity index (χ3n) is 3.10. The molecule has 0 bridgehead atoms. The molecule has 0 radical (unpaired) electrons. The maximum Gasteiger partial charge on any atom is 0.310 e. The van der Waals surface area contributed by atoms with Crippen molar-refractivity contribution in [3.8, 4) is 0 Å². The van der Waals surface area contributed by atoms with Crippen molar-refractivity contribution in [3.05, 3.63) is 0 Å². The highest BCUT2D eigenvalue weighted by atomic mass is 16.5. The van der Waals surface area contributed by atoms with E-state index in [1.807, 2.05) is 34.6 Å². The molecule has 0 N–H and O–H groups in total. The van der Waals surface area contributed by atoms with E-state index in [1.54, 1.807) is 11.8 Å². The predicted molar refractivity (Wildman–Crippen MR) is 72.1 cm³/mol. The Morgan fingerprint density at radius 1 is 1.22 bits per heavy atom. The Morgan fingerprint density at radius 2 is 1.72 bits per heavy atom. The van der Waals surface area contributed by atoms with Gasteiger partial charge in [0, 0.05) is 18.0 Å². The van der Waals surface area contributed by atoms with E-state index in [0.29, 0.717) is 6.54 Å². The molecule has 4 nitrogen and oxygen atoms in total. The zero-order chi connectivity index (χ0) is 14.5. The van der Waals surface area contributed by atoms with Crippen LogP contribution < -0.4 is 0 Å². The summed E-state index contributed by atoms with van der Waals surface area (Å²) in [5, 5.41) is 0. The topological polar surface area (TPSA) is 46.6 Å². The Morgan fingerprint density at radius 3 is 2.06 bits per heavy atom. The fourth-order valence-corrected chi connectivity index (χ4v) is 1.68. The van der Waals surface area contributed by atoms with E-state index < -0.39 is 5.41 Å². The molecule has 0 fully saturated rings. The van der Waals surface area contributed by atoms with E-state index >= 15 is 0 Å². The van der Waals surface area contributed by atoms with Crippen molar-refractivity contribution >= 4 is 11.9 Å². The number of carbonyl (C=O) groups excluding carboxylic acids is 2. The molecule has 0 aromatic heterocycles. The van der Waals surface area contributed by atoms with Crippen LogP contribution in [0.5, 0.6) is 0 Å². The third kappa shape index (κ3) is 4.67. The minimum Gasteiger partial charge on any atom is -0.469 e. The van der Waals surface area contributed by atoms with Gasteiger partial charge < -0.3 is 9.64 Å². The van der Waals surface area contributed by atoms with Crippen molar-refractivity contribution in [2.24, 2.45) is 11.3 Å². The van der Waals surface area contributed by atoms with E-state index in [0.717, 1.165) is 6.42 Å². The van der Waals surface area contributed by atoms with Crippen molar-refractivity contribution in [3.63, 3.8) is 0 Å². The highest BCUT2D eigenvalue weighted by Crippen LogP contribution is 2.21. The molecule has 0 spiro atoms. The van der Waals surface area contributed by atoms with Crippen LogP contribution in [0.2, 0.25) is 0 Å². The highest BCUT2D eigenvalue weighted by Gasteiger charge is 2.31. The summed E-state index contributed by atoms with van der Waals surface area (Å²) in [6, 6.07) is 0.129. The zero-order valence-electron chi connectivity index (χ0n) is 12.7. The van der Waals surface area contributed by atoms with Gasteiger partial charge >= 0.3 is 5.97 Å². The quantitative estimate of drug-likeness (QED) is 0.711. The van der Waals surface area contributed by atoms with Crippen LogP contribution in [0, 0.1) is 11.3 Å². The van der Waals surface area contributed by atoms with Gasteiger partial charge in [-0.15, -0.1) is 0 Å². The van der Waals surface area contributed by atoms with E-state index in [-0.39, 0.29) is 23.8 Å². The summed E-state index contributed by atoms with van der Waals surface area (Å²) in [5.74, 6) is -0.493. The van der Waals surface area contributed by atoms with Crippen LogP contribution in [-0.4, -0.2) is 36.5 Å². The van der Waals surface area contributed by atoms with Gasteiger partial charge in [0.15, 0.2) is 0 Å². The summed E-state index contributed by atoms with van der Waals surface area (Å²) in [5.41, 5.74) is -0.431. The van der Waals surface area contributed by atoms with Crippen LogP contribution in [0.1, 0.15) is 48.0 Å². The number of esters is 1. The van der Waals surface area contributed by atoms with Gasteiger partial charge in [-0.05, 0) is 13.3 Å². The summed E-state index contributed by atoms with van der Waals surface area (Å²) in [6.07, 6.45) is 0.871. The molecule has 2 unspecified atom stereocenters. The Bertz CT molecular complexity index is 294. The van der Waals surface area contributed by atoms with Gasteiger partial charge in [-0.2, -0.15) is 0 Å². The molecule has 4 heteroatoms. The van der Waals surface area contributed by atoms with E-state index in [4.69, 9.17) is 4.74 Å². The van der Waals surface area contributed by atoms with Crippen LogP contribution >= 0.6 is 0 Å². The molecule has 0 aromatic rings. The molecule has 0 aliphatic carbocycles. The Balaban J connectivity index is 4.92. The molecular weight excluding hydrogens is 230 g/mol. The van der Waals surface area contributed by atoms with E-state index in [1.165, 1.54) is 7.11 Å². The SMILES string of the molecule is CCC(C)N(CC(C)C(=O)OC)C(=O)C(C)(C)C. The number of rotatable bonds is 5. The third-order valence-corrected chi connectivity index (χ3v) is 3.10. The minimum atomic E-state index is -0.431. The lowest BCUT2D eigenvalue weighted by Crippen LogP contribution is -2.47. The Hall–Kier alpha value is -1.06. The molecule has 2 atom stereocenters. The van der Waals surface area contributed by atoms with Crippen molar-refractivity contribution in [1.82, 2.24) is 4.90 Å². The van der Waals surface area contributed by atoms with Crippen LogP contribution in [-0.2, 0) is 14.3 Å². The van der Waals surface area contributed by atoms with Crippen molar-refractivity contribution in [2.75, 3.05) is 13.7 Å². The van der Waals surface area contributed by atoms with Gasteiger partial charge in [0.1, 0.15) is 0 Å². The molecule has 0 aromatic carbocycles. The lowest BCUT2D eigenvalue weighted by atomic mass is 9.93. The molecule has 1 amide bonds. The number of methoxy groups -OCH3 is 1. The fourth-order valence-electron chi connectivity index (χ4n) is 1.68. The molecule has 106 valence electrons. The van der Waals surface area contributed by atoms with Crippen LogP contribution in [0.4, 0.5) is 0 Å². The summed E-state index contributed by atoms with van der Waals surface area (Å²) in [7, 11) is 1.37. The first-order valence-electron chi connectivity index (χ1n) is 6.54. The number of amides is 1. The van der Waals surface area contributed by atoms with Gasteiger partial charge in [0.25, 0.3) is 0 Å². The molecule has 0 saturated heterocycles. The van der Waals surface area contributed by atoms with Gasteiger partial charge in [-0.3, -0.25) is 9.59 Å². The van der Waals surface area contributed by atoms with Crippen LogP contribution in [0.3, 0.4) is 0 Å². The van der Waals surface area contributed by atoms with Crippen molar-refractivity contribution < 1.29 is 14.3 Å². The Kier molecular flexibility index (Phi) is 6.36. The summed E-state index contributed by atoms with van der Waals surface area (Å²) >= 11 is 0. The molecular formula is C14H27NO3. The van der Waals surface area contributed by atoms with Gasteiger partial charge in [-0.25, -0.2) is 0 Å². The van der Waals surface area contributed by atoms with Crippen molar-refractivity contribution in [2.45, 2.75) is 54.0 Å². The predicted octanol–water partition coefficient (Wildman–Crippen LogP) is 2.47. The minimum absolute atomic E-state index is 0.0765. The average Bonchev–Trinajstić information content (AvgIpc) is 2.31. The van der Waals surface area contributed by atoms with Gasteiger partial charge in [0.05, 0.1) is 13.0 Å². The lowest BCUT2D eigenvalue weighted by molar-refractivity contribution is -0.149. The number of carbonyl (C=O) groups is 2. The molecule has 0 saturated carbocycles. The number of ether oxygens (including phenoxy) is 1. The number of hydrogen-bond donors (Lipinski definition) is 0. The summed E-state index contributed by atoms with van der Waals surface area (Å²) in [6.45, 7) is 11.9. The standard InChI is InChI=1S/C14H27NO3/c1-8-11(3)15(13(17)14(4,5)6)9-10(2)12(16)18-7/h10-11H,8-9H2,1-7H3. The van der Waals surface area contributed by atoms with Crippen molar-refractivity contribution in [1.29, 1.82) is 0 Å². The molecule has 0 rings (SSSR count). The molecule has 0 heterocycles. The fraction of sp³-hybridized carbons (Fsp3) is 0.857. The van der Waals surface area contributed by atoms with E-state index in [2.05, 4.69) is 0 Å². The number of hydrogen-bond acceptors (Lipinski definition) is 3. The maximum atomic E-state index is 12.4. The average molecular weight is 257 g/mol. The monoisotopic (exact) mass is 257 g/mol. The smallest absolute Gasteiger partial charge is 0.310 e. The van der Waals surface area contributed by atoms with Gasteiger partial charge in [-0.1, -0.05) is 34.6 Å². The zero-order valence-corrected chi connectivity index (χ0v) is 12.7. The first kappa shape index (κ1) is 16.9.